The van der Waals surface area contributed by atoms with Crippen LogP contribution >= 0.6 is 0 Å². The second-order valence-electron chi connectivity index (χ2n) is 6.86. The third kappa shape index (κ3) is 5.33. The van der Waals surface area contributed by atoms with Crippen LogP contribution in [0.1, 0.15) is 48.9 Å². The molecule has 3 rings (SSSR count). The van der Waals surface area contributed by atoms with Gasteiger partial charge in [-0.25, -0.2) is 0 Å². The molecule has 5 heteroatoms. The average molecular weight is 367 g/mol. The molecule has 2 aromatic carbocycles. The Morgan fingerprint density at radius 2 is 1.70 bits per heavy atom. The molecule has 0 heterocycles. The SMILES string of the molecule is COc1ccccc1C(=O)Nc1ccc(OC(=O)CC2CCCCC2)cc1. The number of hydrogen-bond acceptors (Lipinski definition) is 4. The van der Waals surface area contributed by atoms with E-state index < -0.39 is 0 Å². The Balaban J connectivity index is 1.55. The van der Waals surface area contributed by atoms with Crippen LogP contribution in [0.15, 0.2) is 48.5 Å². The highest BCUT2D eigenvalue weighted by Crippen LogP contribution is 2.27. The monoisotopic (exact) mass is 367 g/mol. The molecule has 142 valence electrons. The highest BCUT2D eigenvalue weighted by atomic mass is 16.5. The first kappa shape index (κ1) is 19.0. The molecule has 0 aromatic heterocycles. The van der Waals surface area contributed by atoms with Crippen molar-refractivity contribution in [3.63, 3.8) is 0 Å². The predicted molar refractivity (Wildman–Crippen MR) is 104 cm³/mol. The number of amides is 1. The fraction of sp³-hybridized carbons (Fsp3) is 0.364. The molecule has 0 bridgehead atoms. The van der Waals surface area contributed by atoms with Crippen molar-refractivity contribution in [2.75, 3.05) is 12.4 Å². The highest BCUT2D eigenvalue weighted by Gasteiger charge is 2.18. The highest BCUT2D eigenvalue weighted by molar-refractivity contribution is 6.06. The Kier molecular flexibility index (Phi) is 6.47. The number of carbonyl (C=O) groups is 2. The van der Waals surface area contributed by atoms with Gasteiger partial charge in [0, 0.05) is 12.1 Å². The molecule has 1 aliphatic carbocycles. The number of hydrogen-bond donors (Lipinski definition) is 1. The molecule has 0 saturated heterocycles. The lowest BCUT2D eigenvalue weighted by atomic mass is 9.87. The quantitative estimate of drug-likeness (QED) is 0.587. The molecule has 1 N–H and O–H groups in total. The van der Waals surface area contributed by atoms with E-state index in [-0.39, 0.29) is 11.9 Å². The molecule has 27 heavy (non-hydrogen) atoms. The molecule has 0 unspecified atom stereocenters. The number of rotatable bonds is 6. The zero-order valence-corrected chi connectivity index (χ0v) is 15.6. The summed E-state index contributed by atoms with van der Waals surface area (Å²) in [6, 6.07) is 13.9. The summed E-state index contributed by atoms with van der Waals surface area (Å²) in [6.07, 6.45) is 6.39. The third-order valence-corrected chi connectivity index (χ3v) is 4.88. The van der Waals surface area contributed by atoms with Gasteiger partial charge in [-0.1, -0.05) is 31.4 Å². The van der Waals surface area contributed by atoms with E-state index in [1.165, 1.54) is 26.4 Å². The van der Waals surface area contributed by atoms with Crippen LogP contribution in [-0.4, -0.2) is 19.0 Å². The zero-order valence-electron chi connectivity index (χ0n) is 15.6. The largest absolute Gasteiger partial charge is 0.496 e. The Bertz CT molecular complexity index is 779. The summed E-state index contributed by atoms with van der Waals surface area (Å²) in [5, 5.41) is 2.82. The molecule has 1 saturated carbocycles. The number of carbonyl (C=O) groups excluding carboxylic acids is 2. The van der Waals surface area contributed by atoms with E-state index in [1.54, 1.807) is 42.5 Å². The first-order valence-corrected chi connectivity index (χ1v) is 9.41. The van der Waals surface area contributed by atoms with E-state index in [1.807, 2.05) is 6.07 Å². The predicted octanol–water partition coefficient (Wildman–Crippen LogP) is 4.82. The molecule has 2 aromatic rings. The maximum absolute atomic E-state index is 12.4. The number of nitrogens with one attached hydrogen (secondary N) is 1. The summed E-state index contributed by atoms with van der Waals surface area (Å²) in [4.78, 5) is 24.5. The smallest absolute Gasteiger partial charge is 0.311 e. The van der Waals surface area contributed by atoms with Crippen molar-refractivity contribution in [2.24, 2.45) is 5.92 Å². The van der Waals surface area contributed by atoms with Crippen LogP contribution in [0.5, 0.6) is 11.5 Å². The van der Waals surface area contributed by atoms with E-state index >= 15 is 0 Å². The van der Waals surface area contributed by atoms with Crippen LogP contribution in [0, 0.1) is 5.92 Å². The lowest BCUT2D eigenvalue weighted by molar-refractivity contribution is -0.135. The van der Waals surface area contributed by atoms with Gasteiger partial charge in [-0.2, -0.15) is 0 Å². The van der Waals surface area contributed by atoms with Gasteiger partial charge in [-0.05, 0) is 55.2 Å². The Hall–Kier alpha value is -2.82. The van der Waals surface area contributed by atoms with E-state index in [2.05, 4.69) is 5.32 Å². The first-order chi connectivity index (χ1) is 13.2. The van der Waals surface area contributed by atoms with Crippen molar-refractivity contribution >= 4 is 17.6 Å². The molecular formula is C22H25NO4. The minimum absolute atomic E-state index is 0.187. The molecule has 0 spiro atoms. The van der Waals surface area contributed by atoms with Gasteiger partial charge in [-0.15, -0.1) is 0 Å². The molecular weight excluding hydrogens is 342 g/mol. The van der Waals surface area contributed by atoms with Crippen LogP contribution in [-0.2, 0) is 4.79 Å². The molecule has 1 fully saturated rings. The number of methoxy groups -OCH3 is 1. The fourth-order valence-corrected chi connectivity index (χ4v) is 3.44. The number of benzene rings is 2. The second-order valence-corrected chi connectivity index (χ2v) is 6.86. The number of para-hydroxylation sites is 1. The van der Waals surface area contributed by atoms with Gasteiger partial charge in [-0.3, -0.25) is 9.59 Å². The van der Waals surface area contributed by atoms with E-state index in [0.717, 1.165) is 12.8 Å². The molecule has 1 amide bonds. The lowest BCUT2D eigenvalue weighted by Gasteiger charge is -2.20. The van der Waals surface area contributed by atoms with Gasteiger partial charge >= 0.3 is 5.97 Å². The number of esters is 1. The molecule has 1 aliphatic rings. The van der Waals surface area contributed by atoms with Crippen molar-refractivity contribution in [1.29, 1.82) is 0 Å². The van der Waals surface area contributed by atoms with Crippen molar-refractivity contribution in [1.82, 2.24) is 0 Å². The Morgan fingerprint density at radius 3 is 2.41 bits per heavy atom. The topological polar surface area (TPSA) is 64.6 Å². The zero-order chi connectivity index (χ0) is 19.1. The average Bonchev–Trinajstić information content (AvgIpc) is 2.70. The fourth-order valence-electron chi connectivity index (χ4n) is 3.44. The summed E-state index contributed by atoms with van der Waals surface area (Å²) in [6.45, 7) is 0. The van der Waals surface area contributed by atoms with Gasteiger partial charge in [0.1, 0.15) is 11.5 Å². The summed E-state index contributed by atoms with van der Waals surface area (Å²) >= 11 is 0. The van der Waals surface area contributed by atoms with Crippen LogP contribution in [0.2, 0.25) is 0 Å². The second kappa shape index (κ2) is 9.21. The number of anilines is 1. The van der Waals surface area contributed by atoms with Crippen LogP contribution in [0.25, 0.3) is 0 Å². The van der Waals surface area contributed by atoms with Gasteiger partial charge in [0.25, 0.3) is 5.91 Å². The van der Waals surface area contributed by atoms with Crippen LogP contribution in [0.4, 0.5) is 5.69 Å². The summed E-state index contributed by atoms with van der Waals surface area (Å²) in [5.41, 5.74) is 1.08. The van der Waals surface area contributed by atoms with Gasteiger partial charge in [0.15, 0.2) is 0 Å². The third-order valence-electron chi connectivity index (χ3n) is 4.88. The van der Waals surface area contributed by atoms with Gasteiger partial charge in [0.2, 0.25) is 0 Å². The van der Waals surface area contributed by atoms with Crippen LogP contribution < -0.4 is 14.8 Å². The minimum Gasteiger partial charge on any atom is -0.496 e. The van der Waals surface area contributed by atoms with Gasteiger partial charge < -0.3 is 14.8 Å². The van der Waals surface area contributed by atoms with Crippen LogP contribution in [0.3, 0.4) is 0 Å². The minimum atomic E-state index is -0.255. The molecule has 5 nitrogen and oxygen atoms in total. The Morgan fingerprint density at radius 1 is 1.00 bits per heavy atom. The van der Waals surface area contributed by atoms with Crippen molar-refractivity contribution < 1.29 is 19.1 Å². The molecule has 0 aliphatic heterocycles. The number of ether oxygens (including phenoxy) is 2. The standard InChI is InChI=1S/C22H25NO4/c1-26-20-10-6-5-9-19(20)22(25)23-17-11-13-18(14-12-17)27-21(24)15-16-7-3-2-4-8-16/h5-6,9-14,16H,2-4,7-8,15H2,1H3,(H,23,25). The maximum atomic E-state index is 12.4. The van der Waals surface area contributed by atoms with E-state index in [0.29, 0.717) is 35.1 Å². The van der Waals surface area contributed by atoms with Crippen molar-refractivity contribution in [2.45, 2.75) is 38.5 Å². The summed E-state index contributed by atoms with van der Waals surface area (Å²) in [5.74, 6) is 1.02. The van der Waals surface area contributed by atoms with E-state index in [4.69, 9.17) is 9.47 Å². The van der Waals surface area contributed by atoms with Crippen molar-refractivity contribution in [3.05, 3.63) is 54.1 Å². The molecule has 0 radical (unpaired) electrons. The summed E-state index contributed by atoms with van der Waals surface area (Å²) < 4.78 is 10.6. The van der Waals surface area contributed by atoms with Crippen molar-refractivity contribution in [3.8, 4) is 11.5 Å². The van der Waals surface area contributed by atoms with E-state index in [9.17, 15) is 9.59 Å². The molecule has 0 atom stereocenters. The lowest BCUT2D eigenvalue weighted by Crippen LogP contribution is -2.16. The Labute approximate surface area is 159 Å². The normalized spacial score (nSPS) is 14.4. The summed E-state index contributed by atoms with van der Waals surface area (Å²) in [7, 11) is 1.53. The first-order valence-electron chi connectivity index (χ1n) is 9.41. The van der Waals surface area contributed by atoms with Gasteiger partial charge in [0.05, 0.1) is 12.7 Å². The maximum Gasteiger partial charge on any atom is 0.311 e.